The van der Waals surface area contributed by atoms with Crippen LogP contribution in [0.15, 0.2) is 15.7 Å². The molecule has 0 saturated carbocycles. The van der Waals surface area contributed by atoms with Gasteiger partial charge < -0.3 is 5.11 Å². The molecule has 0 amide bonds. The highest BCUT2D eigenvalue weighted by atomic mass is 32.2. The van der Waals surface area contributed by atoms with Gasteiger partial charge in [-0.25, -0.2) is 8.42 Å². The molecular formula is C13H20N2O3S2. The van der Waals surface area contributed by atoms with E-state index in [-0.39, 0.29) is 12.6 Å². The van der Waals surface area contributed by atoms with Gasteiger partial charge in [-0.2, -0.15) is 4.31 Å². The second-order valence-electron chi connectivity index (χ2n) is 5.65. The summed E-state index contributed by atoms with van der Waals surface area (Å²) in [5.74, 6) is 0. The van der Waals surface area contributed by atoms with Gasteiger partial charge in [0.15, 0.2) is 0 Å². The van der Waals surface area contributed by atoms with E-state index in [1.54, 1.807) is 15.8 Å². The summed E-state index contributed by atoms with van der Waals surface area (Å²) in [4.78, 5) is 2.41. The Balaban J connectivity index is 1.86. The fourth-order valence-electron chi connectivity index (χ4n) is 3.18. The van der Waals surface area contributed by atoms with Gasteiger partial charge in [0, 0.05) is 25.2 Å². The van der Waals surface area contributed by atoms with Gasteiger partial charge in [0.2, 0.25) is 0 Å². The van der Waals surface area contributed by atoms with Crippen molar-refractivity contribution in [1.29, 1.82) is 0 Å². The SMILES string of the molecule is CC1CN2CCCC2CN1S(=O)(=O)c1cc(CO)cs1. The van der Waals surface area contributed by atoms with Crippen molar-refractivity contribution >= 4 is 21.4 Å². The Labute approximate surface area is 123 Å². The molecule has 2 aliphatic heterocycles. The van der Waals surface area contributed by atoms with E-state index < -0.39 is 10.0 Å². The number of aliphatic hydroxyl groups is 1. The van der Waals surface area contributed by atoms with Crippen molar-refractivity contribution < 1.29 is 13.5 Å². The normalized spacial score (nSPS) is 28.7. The zero-order chi connectivity index (χ0) is 14.3. The number of hydrogen-bond donors (Lipinski definition) is 1. The van der Waals surface area contributed by atoms with E-state index in [0.717, 1.165) is 19.5 Å². The summed E-state index contributed by atoms with van der Waals surface area (Å²) in [5, 5.41) is 10.8. The third-order valence-electron chi connectivity index (χ3n) is 4.26. The molecule has 2 atom stereocenters. The monoisotopic (exact) mass is 316 g/mol. The molecule has 0 aromatic carbocycles. The van der Waals surface area contributed by atoms with Gasteiger partial charge in [0.1, 0.15) is 4.21 Å². The Hall–Kier alpha value is -0.470. The van der Waals surface area contributed by atoms with E-state index in [2.05, 4.69) is 4.90 Å². The van der Waals surface area contributed by atoms with Gasteiger partial charge in [-0.05, 0) is 43.3 Å². The molecule has 2 saturated heterocycles. The highest BCUT2D eigenvalue weighted by molar-refractivity contribution is 7.91. The lowest BCUT2D eigenvalue weighted by Gasteiger charge is -2.41. The average Bonchev–Trinajstić information content (AvgIpc) is 3.05. The van der Waals surface area contributed by atoms with Crippen molar-refractivity contribution in [3.05, 3.63) is 17.0 Å². The van der Waals surface area contributed by atoms with Crippen molar-refractivity contribution in [2.24, 2.45) is 0 Å². The topological polar surface area (TPSA) is 60.9 Å². The van der Waals surface area contributed by atoms with Crippen LogP contribution in [0.4, 0.5) is 0 Å². The van der Waals surface area contributed by atoms with E-state index in [1.165, 1.54) is 17.8 Å². The van der Waals surface area contributed by atoms with Crippen LogP contribution in [-0.4, -0.2) is 54.4 Å². The second-order valence-corrected chi connectivity index (χ2v) is 8.68. The first-order chi connectivity index (χ1) is 9.52. The van der Waals surface area contributed by atoms with Crippen molar-refractivity contribution in [1.82, 2.24) is 9.21 Å². The molecule has 3 heterocycles. The van der Waals surface area contributed by atoms with E-state index >= 15 is 0 Å². The minimum Gasteiger partial charge on any atom is -0.392 e. The summed E-state index contributed by atoms with van der Waals surface area (Å²) >= 11 is 1.20. The molecule has 0 aliphatic carbocycles. The quantitative estimate of drug-likeness (QED) is 0.907. The van der Waals surface area contributed by atoms with Crippen molar-refractivity contribution in [3.8, 4) is 0 Å². The Bertz CT molecular complexity index is 584. The molecule has 5 nitrogen and oxygen atoms in total. The average molecular weight is 316 g/mol. The summed E-state index contributed by atoms with van der Waals surface area (Å²) < 4.78 is 27.5. The Morgan fingerprint density at radius 1 is 1.45 bits per heavy atom. The van der Waals surface area contributed by atoms with Crippen LogP contribution in [-0.2, 0) is 16.6 Å². The van der Waals surface area contributed by atoms with E-state index in [0.29, 0.717) is 22.4 Å². The second kappa shape index (κ2) is 5.38. The maximum Gasteiger partial charge on any atom is 0.252 e. The van der Waals surface area contributed by atoms with E-state index in [4.69, 9.17) is 5.11 Å². The number of hydrogen-bond acceptors (Lipinski definition) is 5. The number of thiophene rings is 1. The van der Waals surface area contributed by atoms with Crippen LogP contribution >= 0.6 is 11.3 Å². The van der Waals surface area contributed by atoms with Crippen molar-refractivity contribution in [2.75, 3.05) is 19.6 Å². The van der Waals surface area contributed by atoms with Crippen LogP contribution in [0.1, 0.15) is 25.3 Å². The number of nitrogens with zero attached hydrogens (tertiary/aromatic N) is 2. The predicted octanol–water partition coefficient (Wildman–Crippen LogP) is 1.10. The van der Waals surface area contributed by atoms with E-state index in [1.807, 2.05) is 6.92 Å². The lowest BCUT2D eigenvalue weighted by atomic mass is 10.1. The molecule has 0 spiro atoms. The molecule has 0 radical (unpaired) electrons. The number of fused-ring (bicyclic) bond motifs is 1. The molecule has 20 heavy (non-hydrogen) atoms. The fourth-order valence-corrected chi connectivity index (χ4v) is 6.17. The van der Waals surface area contributed by atoms with Crippen LogP contribution in [0.2, 0.25) is 0 Å². The third kappa shape index (κ3) is 2.42. The number of piperazine rings is 1. The van der Waals surface area contributed by atoms with Crippen molar-refractivity contribution in [2.45, 2.75) is 42.7 Å². The van der Waals surface area contributed by atoms with E-state index in [9.17, 15) is 8.42 Å². The number of sulfonamides is 1. The number of rotatable bonds is 3. The largest absolute Gasteiger partial charge is 0.392 e. The standard InChI is InChI=1S/C13H20N2O3S2/c1-10-6-14-4-2-3-12(14)7-15(10)20(17,18)13-5-11(8-16)9-19-13/h5,9-10,12,16H,2-4,6-8H2,1H3. The highest BCUT2D eigenvalue weighted by Crippen LogP contribution is 2.31. The first kappa shape index (κ1) is 14.5. The van der Waals surface area contributed by atoms with Gasteiger partial charge >= 0.3 is 0 Å². The molecule has 2 aliphatic rings. The zero-order valence-corrected chi connectivity index (χ0v) is 13.2. The molecule has 7 heteroatoms. The van der Waals surface area contributed by atoms with Crippen LogP contribution in [0.3, 0.4) is 0 Å². The highest BCUT2D eigenvalue weighted by Gasteiger charge is 2.40. The van der Waals surface area contributed by atoms with Crippen LogP contribution in [0.5, 0.6) is 0 Å². The summed E-state index contributed by atoms with van der Waals surface area (Å²) in [6.07, 6.45) is 2.25. The first-order valence-electron chi connectivity index (χ1n) is 6.96. The summed E-state index contributed by atoms with van der Waals surface area (Å²) in [7, 11) is -3.43. The van der Waals surface area contributed by atoms with Gasteiger partial charge in [-0.1, -0.05) is 0 Å². The zero-order valence-electron chi connectivity index (χ0n) is 11.5. The smallest absolute Gasteiger partial charge is 0.252 e. The maximum atomic E-state index is 12.8. The van der Waals surface area contributed by atoms with Gasteiger partial charge in [0.05, 0.1) is 6.61 Å². The molecule has 112 valence electrons. The molecule has 3 rings (SSSR count). The fraction of sp³-hybridized carbons (Fsp3) is 0.692. The van der Waals surface area contributed by atoms with Crippen LogP contribution < -0.4 is 0 Å². The molecule has 2 fully saturated rings. The minimum absolute atomic E-state index is 0.00836. The van der Waals surface area contributed by atoms with Crippen LogP contribution in [0.25, 0.3) is 0 Å². The van der Waals surface area contributed by atoms with Gasteiger partial charge in [0.25, 0.3) is 10.0 Å². The Morgan fingerprint density at radius 3 is 2.95 bits per heavy atom. The number of aliphatic hydroxyl groups excluding tert-OH is 1. The molecular weight excluding hydrogens is 296 g/mol. The molecule has 1 N–H and O–H groups in total. The lowest BCUT2D eigenvalue weighted by molar-refractivity contribution is 0.117. The molecule has 2 unspecified atom stereocenters. The summed E-state index contributed by atoms with van der Waals surface area (Å²) in [6, 6.07) is 1.97. The molecule has 1 aromatic rings. The lowest BCUT2D eigenvalue weighted by Crippen LogP contribution is -2.56. The first-order valence-corrected chi connectivity index (χ1v) is 9.28. The maximum absolute atomic E-state index is 12.8. The summed E-state index contributed by atoms with van der Waals surface area (Å²) in [6.45, 7) is 4.37. The van der Waals surface area contributed by atoms with Crippen LogP contribution in [0, 0.1) is 0 Å². The molecule has 0 bridgehead atoms. The summed E-state index contributed by atoms with van der Waals surface area (Å²) in [5.41, 5.74) is 0.667. The molecule has 1 aromatic heterocycles. The van der Waals surface area contributed by atoms with Gasteiger partial charge in [-0.15, -0.1) is 11.3 Å². The van der Waals surface area contributed by atoms with Crippen molar-refractivity contribution in [3.63, 3.8) is 0 Å². The minimum atomic E-state index is -3.43. The predicted molar refractivity (Wildman–Crippen MR) is 78.2 cm³/mol. The Kier molecular flexibility index (Phi) is 3.89. The Morgan fingerprint density at radius 2 is 2.25 bits per heavy atom. The third-order valence-corrected chi connectivity index (χ3v) is 7.70. The van der Waals surface area contributed by atoms with Gasteiger partial charge in [-0.3, -0.25) is 4.90 Å².